The molecule has 3 aromatic rings. The quantitative estimate of drug-likeness (QED) is 0.301. The van der Waals surface area contributed by atoms with E-state index in [1.54, 1.807) is 6.08 Å². The van der Waals surface area contributed by atoms with Gasteiger partial charge in [0.05, 0.1) is 6.67 Å². The normalized spacial score (nSPS) is 14.8. The second kappa shape index (κ2) is 11.1. The number of rotatable bonds is 9. The van der Waals surface area contributed by atoms with Crippen molar-refractivity contribution in [2.75, 3.05) is 25.5 Å². The van der Waals surface area contributed by atoms with E-state index in [4.69, 9.17) is 5.73 Å². The van der Waals surface area contributed by atoms with Crippen LogP contribution in [0.2, 0.25) is 0 Å². The third-order valence-corrected chi connectivity index (χ3v) is 6.22. The van der Waals surface area contributed by atoms with Crippen LogP contribution in [-0.2, 0) is 6.54 Å². The lowest BCUT2D eigenvalue weighted by molar-refractivity contribution is 0.232. The van der Waals surface area contributed by atoms with Gasteiger partial charge in [0.25, 0.3) is 0 Å². The minimum absolute atomic E-state index is 0.339. The molecule has 0 radical (unpaired) electrons. The van der Waals surface area contributed by atoms with Crippen LogP contribution in [-0.4, -0.2) is 24.8 Å². The molecule has 3 N–H and O–H groups in total. The Morgan fingerprint density at radius 1 is 0.939 bits per heavy atom. The van der Waals surface area contributed by atoms with E-state index in [-0.39, 0.29) is 0 Å². The number of benzene rings is 3. The van der Waals surface area contributed by atoms with Crippen LogP contribution >= 0.6 is 0 Å². The Morgan fingerprint density at radius 2 is 1.64 bits per heavy atom. The number of nitrogens with two attached hydrogens (primary N) is 1. The highest BCUT2D eigenvalue weighted by Crippen LogP contribution is 2.36. The SMILES string of the molecule is C=Cc1cc(/C(=C(\CCF)c2ccccc2)c2ccc(CNN3CCCC3)cc2)ccc1N. The van der Waals surface area contributed by atoms with Crippen molar-refractivity contribution in [2.24, 2.45) is 0 Å². The lowest BCUT2D eigenvalue weighted by Crippen LogP contribution is -2.34. The van der Waals surface area contributed by atoms with Crippen LogP contribution in [0.3, 0.4) is 0 Å². The van der Waals surface area contributed by atoms with Gasteiger partial charge < -0.3 is 5.73 Å². The first kappa shape index (κ1) is 23.0. The maximum absolute atomic E-state index is 13.8. The molecule has 1 saturated heterocycles. The zero-order valence-electron chi connectivity index (χ0n) is 19.1. The van der Waals surface area contributed by atoms with Crippen molar-refractivity contribution in [2.45, 2.75) is 25.8 Å². The number of hydrazine groups is 1. The van der Waals surface area contributed by atoms with Crippen LogP contribution in [0.4, 0.5) is 10.1 Å². The largest absolute Gasteiger partial charge is 0.398 e. The molecule has 0 saturated carbocycles. The summed E-state index contributed by atoms with van der Waals surface area (Å²) in [7, 11) is 0. The van der Waals surface area contributed by atoms with Crippen molar-refractivity contribution in [3.05, 3.63) is 107 Å². The second-order valence-corrected chi connectivity index (χ2v) is 8.43. The van der Waals surface area contributed by atoms with E-state index in [2.05, 4.69) is 41.3 Å². The standard InChI is InChI=1S/C29H32FN3/c1-2-23-20-26(14-15-28(23)31)29(27(16-17-30)24-8-4-3-5-9-24)25-12-10-22(11-13-25)21-32-33-18-6-7-19-33/h2-5,8-15,20,32H,1,6-7,16-19,21,31H2/b29-27+. The number of nitrogen functional groups attached to an aromatic ring is 1. The fraction of sp³-hybridized carbons (Fsp3) is 0.241. The summed E-state index contributed by atoms with van der Waals surface area (Å²) in [6.45, 7) is 6.50. The van der Waals surface area contributed by atoms with E-state index in [9.17, 15) is 4.39 Å². The Hall–Kier alpha value is -3.21. The molecule has 0 unspecified atom stereocenters. The van der Waals surface area contributed by atoms with Gasteiger partial charge in [-0.1, -0.05) is 73.3 Å². The smallest absolute Gasteiger partial charge is 0.0935 e. The lowest BCUT2D eigenvalue weighted by Gasteiger charge is -2.19. The molecule has 1 heterocycles. The molecule has 0 spiro atoms. The molecule has 1 aliphatic rings. The molecule has 4 heteroatoms. The van der Waals surface area contributed by atoms with Gasteiger partial charge in [-0.2, -0.15) is 0 Å². The summed E-state index contributed by atoms with van der Waals surface area (Å²) in [4.78, 5) is 0. The van der Waals surface area contributed by atoms with Crippen LogP contribution in [0.1, 0.15) is 47.1 Å². The predicted molar refractivity (Wildman–Crippen MR) is 138 cm³/mol. The predicted octanol–water partition coefficient (Wildman–Crippen LogP) is 6.33. The monoisotopic (exact) mass is 441 g/mol. The Morgan fingerprint density at radius 3 is 2.30 bits per heavy atom. The second-order valence-electron chi connectivity index (χ2n) is 8.43. The fourth-order valence-corrected chi connectivity index (χ4v) is 4.44. The van der Waals surface area contributed by atoms with Gasteiger partial charge in [0.15, 0.2) is 0 Å². The number of alkyl halides is 1. The van der Waals surface area contributed by atoms with Gasteiger partial charge in [0.2, 0.25) is 0 Å². The molecule has 3 nitrogen and oxygen atoms in total. The molecule has 1 aliphatic heterocycles. The van der Waals surface area contributed by atoms with Gasteiger partial charge in [-0.3, -0.25) is 9.82 Å². The minimum atomic E-state index is -0.422. The first-order valence-corrected chi connectivity index (χ1v) is 11.6. The summed E-state index contributed by atoms with van der Waals surface area (Å²) in [6, 6.07) is 24.6. The van der Waals surface area contributed by atoms with Crippen LogP contribution in [0.25, 0.3) is 17.2 Å². The van der Waals surface area contributed by atoms with Crippen LogP contribution in [0, 0.1) is 0 Å². The molecule has 170 valence electrons. The van der Waals surface area contributed by atoms with Gasteiger partial charge in [-0.05, 0) is 63.9 Å². The topological polar surface area (TPSA) is 41.3 Å². The Balaban J connectivity index is 1.76. The molecule has 0 amide bonds. The summed E-state index contributed by atoms with van der Waals surface area (Å²) in [6.07, 6.45) is 4.61. The maximum atomic E-state index is 13.8. The van der Waals surface area contributed by atoms with Gasteiger partial charge in [-0.15, -0.1) is 0 Å². The number of allylic oxidation sites excluding steroid dienone is 1. The number of nitrogens with zero attached hydrogens (tertiary/aromatic N) is 1. The molecular weight excluding hydrogens is 409 g/mol. The minimum Gasteiger partial charge on any atom is -0.398 e. The summed E-state index contributed by atoms with van der Waals surface area (Å²) in [5.41, 5.74) is 17.5. The van der Waals surface area contributed by atoms with Crippen LogP contribution in [0.15, 0.2) is 79.4 Å². The lowest BCUT2D eigenvalue weighted by atomic mass is 9.87. The van der Waals surface area contributed by atoms with Crippen LogP contribution < -0.4 is 11.2 Å². The van der Waals surface area contributed by atoms with E-state index in [0.29, 0.717) is 12.1 Å². The number of halogens is 1. The third-order valence-electron chi connectivity index (χ3n) is 6.22. The van der Waals surface area contributed by atoms with Gasteiger partial charge in [0, 0.05) is 31.7 Å². The molecule has 4 rings (SSSR count). The summed E-state index contributed by atoms with van der Waals surface area (Å²) in [5, 5.41) is 2.29. The molecule has 3 aromatic carbocycles. The first-order valence-electron chi connectivity index (χ1n) is 11.6. The van der Waals surface area contributed by atoms with Crippen molar-refractivity contribution >= 4 is 22.9 Å². The highest BCUT2D eigenvalue weighted by Gasteiger charge is 2.16. The van der Waals surface area contributed by atoms with Crippen molar-refractivity contribution in [1.82, 2.24) is 10.4 Å². The number of hydrogen-bond acceptors (Lipinski definition) is 3. The summed E-state index contributed by atoms with van der Waals surface area (Å²) in [5.74, 6) is 0. The Kier molecular flexibility index (Phi) is 7.71. The number of anilines is 1. The Bertz CT molecular complexity index is 1100. The van der Waals surface area contributed by atoms with Crippen molar-refractivity contribution in [3.63, 3.8) is 0 Å². The summed E-state index contributed by atoms with van der Waals surface area (Å²) >= 11 is 0. The van der Waals surface area contributed by atoms with E-state index >= 15 is 0 Å². The van der Waals surface area contributed by atoms with Crippen molar-refractivity contribution in [3.8, 4) is 0 Å². The first-order chi connectivity index (χ1) is 16.2. The van der Waals surface area contributed by atoms with Gasteiger partial charge in [0.1, 0.15) is 0 Å². The molecule has 33 heavy (non-hydrogen) atoms. The third kappa shape index (κ3) is 5.59. The van der Waals surface area contributed by atoms with E-state index in [1.165, 1.54) is 18.4 Å². The number of hydrogen-bond donors (Lipinski definition) is 2. The molecule has 0 atom stereocenters. The molecule has 0 bridgehead atoms. The zero-order valence-corrected chi connectivity index (χ0v) is 19.1. The fourth-order valence-electron chi connectivity index (χ4n) is 4.44. The molecule has 0 aliphatic carbocycles. The average molecular weight is 442 g/mol. The molecule has 1 fully saturated rings. The van der Waals surface area contributed by atoms with Crippen molar-refractivity contribution in [1.29, 1.82) is 0 Å². The highest BCUT2D eigenvalue weighted by molar-refractivity contribution is 5.99. The van der Waals surface area contributed by atoms with Gasteiger partial charge in [-0.25, -0.2) is 5.01 Å². The Labute approximate surface area is 196 Å². The van der Waals surface area contributed by atoms with Gasteiger partial charge >= 0.3 is 0 Å². The van der Waals surface area contributed by atoms with E-state index in [0.717, 1.165) is 53.0 Å². The summed E-state index contributed by atoms with van der Waals surface area (Å²) < 4.78 is 13.8. The van der Waals surface area contributed by atoms with E-state index in [1.807, 2.05) is 48.5 Å². The maximum Gasteiger partial charge on any atom is 0.0935 e. The molecular formula is C29H32FN3. The van der Waals surface area contributed by atoms with Crippen LogP contribution in [0.5, 0.6) is 0 Å². The van der Waals surface area contributed by atoms with E-state index < -0.39 is 6.67 Å². The highest BCUT2D eigenvalue weighted by atomic mass is 19.1. The average Bonchev–Trinajstić information content (AvgIpc) is 3.38. The van der Waals surface area contributed by atoms with Crippen molar-refractivity contribution < 1.29 is 4.39 Å². The molecule has 0 aromatic heterocycles. The zero-order chi connectivity index (χ0) is 23.0. The number of nitrogens with one attached hydrogen (secondary N) is 1.